The molecule has 1 spiro atoms. The number of carbonyl (C=O) groups excluding carboxylic acids is 3. The number of aliphatic hydroxyl groups is 1. The van der Waals surface area contributed by atoms with E-state index in [-0.39, 0.29) is 34.4 Å². The van der Waals surface area contributed by atoms with Gasteiger partial charge in [-0.3, -0.25) is 14.4 Å². The summed E-state index contributed by atoms with van der Waals surface area (Å²) in [7, 11) is 0. The van der Waals surface area contributed by atoms with Crippen molar-refractivity contribution in [2.45, 2.75) is 72.5 Å². The third kappa shape index (κ3) is 6.60. The quantitative estimate of drug-likeness (QED) is 0.142. The third-order valence-electron chi connectivity index (χ3n) is 9.73. The van der Waals surface area contributed by atoms with Crippen LogP contribution in [0.1, 0.15) is 43.7 Å². The predicted octanol–water partition coefficient (Wildman–Crippen LogP) is 5.47. The maximum absolute atomic E-state index is 14.9. The van der Waals surface area contributed by atoms with Gasteiger partial charge in [-0.2, -0.15) is 0 Å². The highest BCUT2D eigenvalue weighted by molar-refractivity contribution is 9.09. The molecule has 3 fully saturated rings. The second-order valence-electron chi connectivity index (χ2n) is 12.7. The highest BCUT2D eigenvalue weighted by Gasteiger charge is 2.76. The van der Waals surface area contributed by atoms with Crippen LogP contribution in [0, 0.1) is 11.8 Å². The number of thioether (sulfide) groups is 1. The minimum atomic E-state index is -0.803. The fourth-order valence-electron chi connectivity index (χ4n) is 7.74. The fraction of sp³-hybridized carbons (Fsp3) is 0.486. The van der Waals surface area contributed by atoms with Gasteiger partial charge in [0, 0.05) is 36.3 Å². The van der Waals surface area contributed by atoms with Crippen LogP contribution >= 0.6 is 27.7 Å². The molecule has 3 aliphatic heterocycles. The second kappa shape index (κ2) is 15.3. The number of unbranched alkanes of at least 4 members (excludes halogenated alkanes) is 2. The van der Waals surface area contributed by atoms with Crippen LogP contribution in [0.25, 0.3) is 0 Å². The van der Waals surface area contributed by atoms with E-state index in [1.807, 2.05) is 65.6 Å². The Morgan fingerprint density at radius 3 is 2.26 bits per heavy atom. The number of aliphatic hydroxyl groups excluding tert-OH is 1. The number of rotatable bonds is 16. The Bertz CT molecular complexity index is 1390. The average molecular weight is 709 g/mol. The Morgan fingerprint density at radius 2 is 1.65 bits per heavy atom. The lowest BCUT2D eigenvalue weighted by Crippen LogP contribution is -2.58. The molecular weight excluding hydrogens is 662 g/mol. The van der Waals surface area contributed by atoms with Crippen LogP contribution in [0.3, 0.4) is 0 Å². The van der Waals surface area contributed by atoms with Crippen molar-refractivity contribution in [3.8, 4) is 0 Å². The van der Waals surface area contributed by atoms with Crippen LogP contribution in [-0.4, -0.2) is 90.7 Å². The predicted molar refractivity (Wildman–Crippen MR) is 188 cm³/mol. The van der Waals surface area contributed by atoms with E-state index in [1.165, 1.54) is 0 Å². The summed E-state index contributed by atoms with van der Waals surface area (Å²) in [5.41, 5.74) is 1.98. The van der Waals surface area contributed by atoms with Gasteiger partial charge in [-0.15, -0.1) is 24.9 Å². The van der Waals surface area contributed by atoms with Crippen molar-refractivity contribution in [2.75, 3.05) is 26.2 Å². The van der Waals surface area contributed by atoms with Crippen LogP contribution < -0.4 is 0 Å². The van der Waals surface area contributed by atoms with E-state index in [9.17, 15) is 19.5 Å². The molecule has 0 radical (unpaired) electrons. The van der Waals surface area contributed by atoms with Gasteiger partial charge < -0.3 is 19.8 Å². The summed E-state index contributed by atoms with van der Waals surface area (Å²) in [5, 5.41) is 10.7. The maximum Gasteiger partial charge on any atom is 0.247 e. The van der Waals surface area contributed by atoms with Gasteiger partial charge in [-0.05, 0) is 30.4 Å². The summed E-state index contributed by atoms with van der Waals surface area (Å²) in [6, 6.07) is 18.2. The van der Waals surface area contributed by atoms with E-state index in [0.717, 1.165) is 30.4 Å². The van der Waals surface area contributed by atoms with E-state index in [4.69, 9.17) is 0 Å². The molecule has 246 valence electrons. The Morgan fingerprint density at radius 1 is 1.02 bits per heavy atom. The molecule has 9 heteroatoms. The van der Waals surface area contributed by atoms with Crippen molar-refractivity contribution < 1.29 is 19.5 Å². The normalized spacial score (nSPS) is 26.9. The molecule has 3 amide bonds. The summed E-state index contributed by atoms with van der Waals surface area (Å²) in [5.74, 6) is -1.69. The van der Waals surface area contributed by atoms with Crippen LogP contribution in [0.5, 0.6) is 0 Å². The van der Waals surface area contributed by atoms with Gasteiger partial charge in [0.05, 0.1) is 29.2 Å². The lowest BCUT2D eigenvalue weighted by molar-refractivity contribution is -0.147. The molecule has 1 N–H and O–H groups in total. The van der Waals surface area contributed by atoms with E-state index < -0.39 is 28.7 Å². The van der Waals surface area contributed by atoms with E-state index in [2.05, 4.69) is 36.0 Å². The minimum absolute atomic E-state index is 0.0392. The Hall–Kier alpha value is -2.88. The zero-order chi connectivity index (χ0) is 32.8. The van der Waals surface area contributed by atoms with Gasteiger partial charge in [-0.1, -0.05) is 109 Å². The number of fused-ring (bicyclic) bond motifs is 1. The third-order valence-corrected chi connectivity index (χ3v) is 13.0. The summed E-state index contributed by atoms with van der Waals surface area (Å²) < 4.78 is -0.797. The summed E-state index contributed by atoms with van der Waals surface area (Å²) in [6.07, 6.45) is 7.34. The molecule has 7 atom stereocenters. The van der Waals surface area contributed by atoms with Crippen LogP contribution in [-0.2, 0) is 27.3 Å². The van der Waals surface area contributed by atoms with Crippen molar-refractivity contribution in [3.63, 3.8) is 0 Å². The molecular formula is C37H46BrN3O4S. The zero-order valence-electron chi connectivity index (χ0n) is 26.7. The Labute approximate surface area is 286 Å². The lowest BCUT2D eigenvalue weighted by atomic mass is 9.70. The van der Waals surface area contributed by atoms with Crippen molar-refractivity contribution in [1.29, 1.82) is 0 Å². The van der Waals surface area contributed by atoms with Gasteiger partial charge in [-0.25, -0.2) is 0 Å². The minimum Gasteiger partial charge on any atom is -0.394 e. The largest absolute Gasteiger partial charge is 0.394 e. The number of alkyl halides is 1. The molecule has 3 saturated heterocycles. The lowest BCUT2D eigenvalue weighted by Gasteiger charge is -2.40. The van der Waals surface area contributed by atoms with Crippen molar-refractivity contribution in [1.82, 2.24) is 14.7 Å². The first-order chi connectivity index (χ1) is 22.3. The van der Waals surface area contributed by atoms with E-state index >= 15 is 0 Å². The van der Waals surface area contributed by atoms with Gasteiger partial charge in [0.25, 0.3) is 0 Å². The van der Waals surface area contributed by atoms with Crippen molar-refractivity contribution in [3.05, 3.63) is 97.1 Å². The molecule has 0 aliphatic carbocycles. The second-order valence-corrected chi connectivity index (χ2v) is 15.4. The first-order valence-corrected chi connectivity index (χ1v) is 18.2. The molecule has 3 heterocycles. The SMILES string of the molecule is C=CCN(CCCCC)C(=O)C1N([C@@H](CO)Cc2ccccc2)C(=O)[C@@H]2[C@H](C(=O)N(CC=C)Cc3ccccc3)[C@H]3SC12CC3Br. The molecule has 0 aromatic heterocycles. The molecule has 3 unspecified atom stereocenters. The number of nitrogens with zero attached hydrogens (tertiary/aromatic N) is 3. The molecule has 3 aliphatic rings. The summed E-state index contributed by atoms with van der Waals surface area (Å²) in [6.45, 7) is 11.4. The number of hydrogen-bond acceptors (Lipinski definition) is 5. The van der Waals surface area contributed by atoms with Crippen molar-refractivity contribution in [2.24, 2.45) is 11.8 Å². The van der Waals surface area contributed by atoms with Gasteiger partial charge >= 0.3 is 0 Å². The van der Waals surface area contributed by atoms with E-state index in [0.29, 0.717) is 39.0 Å². The van der Waals surface area contributed by atoms with Gasteiger partial charge in [0.2, 0.25) is 17.7 Å². The summed E-state index contributed by atoms with van der Waals surface area (Å²) in [4.78, 5) is 49.5. The first kappa shape index (κ1) is 34.5. The van der Waals surface area contributed by atoms with Crippen molar-refractivity contribution >= 4 is 45.4 Å². The molecule has 0 saturated carbocycles. The number of halogens is 1. The Kier molecular flexibility index (Phi) is 11.5. The maximum atomic E-state index is 14.9. The van der Waals surface area contributed by atoms with Crippen LogP contribution in [0.4, 0.5) is 0 Å². The smallest absolute Gasteiger partial charge is 0.247 e. The average Bonchev–Trinajstić information content (AvgIpc) is 3.66. The fourth-order valence-corrected chi connectivity index (χ4v) is 11.3. The van der Waals surface area contributed by atoms with E-state index in [1.54, 1.807) is 33.7 Å². The van der Waals surface area contributed by atoms with Gasteiger partial charge in [0.1, 0.15) is 6.04 Å². The number of likely N-dealkylation sites (tertiary alicyclic amines) is 1. The topological polar surface area (TPSA) is 81.2 Å². The molecule has 2 aromatic rings. The highest BCUT2D eigenvalue weighted by Crippen LogP contribution is 2.68. The Balaban J connectivity index is 1.56. The zero-order valence-corrected chi connectivity index (χ0v) is 29.1. The van der Waals surface area contributed by atoms with Crippen LogP contribution in [0.15, 0.2) is 86.0 Å². The number of hydrogen-bond donors (Lipinski definition) is 1. The first-order valence-electron chi connectivity index (χ1n) is 16.4. The monoisotopic (exact) mass is 707 g/mol. The van der Waals surface area contributed by atoms with Crippen LogP contribution in [0.2, 0.25) is 0 Å². The molecule has 5 rings (SSSR count). The molecule has 7 nitrogen and oxygen atoms in total. The highest BCUT2D eigenvalue weighted by atomic mass is 79.9. The molecule has 2 aromatic carbocycles. The molecule has 2 bridgehead atoms. The molecule has 46 heavy (non-hydrogen) atoms. The standard InChI is InChI=1S/C37H46BrN3O4S/c1-4-7-14-21-39(19-5-2)36(45)33-37-23-29(38)32(46-37)30(34(43)40(20-6-3)24-27-17-12-9-13-18-27)31(37)35(44)41(33)28(25-42)22-26-15-10-8-11-16-26/h5-6,8-13,15-18,28-33,42H,2-4,7,14,19-25H2,1H3/t28-,29?,30+,31+,32+,33?,37?/m1/s1. The number of amides is 3. The summed E-state index contributed by atoms with van der Waals surface area (Å²) >= 11 is 5.54. The number of carbonyl (C=O) groups is 3. The van der Waals surface area contributed by atoms with Gasteiger partial charge in [0.15, 0.2) is 0 Å². The number of benzene rings is 2.